The number of para-hydroxylation sites is 2. The van der Waals surface area contributed by atoms with E-state index in [0.29, 0.717) is 11.0 Å². The zero-order valence-electron chi connectivity index (χ0n) is 9.89. The summed E-state index contributed by atoms with van der Waals surface area (Å²) in [6.07, 6.45) is 0. The van der Waals surface area contributed by atoms with Crippen LogP contribution in [0.2, 0.25) is 0 Å². The van der Waals surface area contributed by atoms with Gasteiger partial charge in [-0.2, -0.15) is 0 Å². The lowest BCUT2D eigenvalue weighted by Crippen LogP contribution is -2.29. The van der Waals surface area contributed by atoms with Crippen molar-refractivity contribution in [2.24, 2.45) is 0 Å². The second-order valence-corrected chi connectivity index (χ2v) is 3.81. The van der Waals surface area contributed by atoms with Gasteiger partial charge in [0, 0.05) is 16.2 Å². The van der Waals surface area contributed by atoms with Crippen LogP contribution in [0.25, 0.3) is 21.9 Å². The highest BCUT2D eigenvalue weighted by molar-refractivity contribution is 6.61. The van der Waals surface area contributed by atoms with E-state index < -0.39 is 7.12 Å². The SMILES string of the molecule is OB(O)c1cccc2c1oc1ccccc12.O[B]O. The van der Waals surface area contributed by atoms with Gasteiger partial charge < -0.3 is 24.5 Å². The van der Waals surface area contributed by atoms with Gasteiger partial charge in [-0.1, -0.05) is 36.4 Å². The Balaban J connectivity index is 0.000000408. The van der Waals surface area contributed by atoms with Crippen LogP contribution in [-0.2, 0) is 0 Å². The van der Waals surface area contributed by atoms with Gasteiger partial charge in [-0.15, -0.1) is 0 Å². The molecule has 3 aromatic rings. The highest BCUT2D eigenvalue weighted by Gasteiger charge is 2.18. The van der Waals surface area contributed by atoms with Crippen molar-refractivity contribution in [1.29, 1.82) is 0 Å². The molecule has 0 atom stereocenters. The molecule has 95 valence electrons. The van der Waals surface area contributed by atoms with E-state index in [4.69, 9.17) is 14.5 Å². The van der Waals surface area contributed by atoms with Crippen LogP contribution in [-0.4, -0.2) is 34.9 Å². The summed E-state index contributed by atoms with van der Waals surface area (Å²) in [6, 6.07) is 13.0. The molecule has 0 saturated carbocycles. The van der Waals surface area contributed by atoms with Crippen LogP contribution >= 0.6 is 0 Å². The van der Waals surface area contributed by atoms with Gasteiger partial charge >= 0.3 is 14.8 Å². The molecule has 7 heteroatoms. The first-order chi connectivity index (χ1) is 9.19. The lowest BCUT2D eigenvalue weighted by atomic mass is 9.79. The molecule has 4 N–H and O–H groups in total. The number of hydrogen-bond donors (Lipinski definition) is 4. The predicted octanol–water partition coefficient (Wildman–Crippen LogP) is -0.229. The second-order valence-electron chi connectivity index (χ2n) is 3.81. The Morgan fingerprint density at radius 3 is 2.21 bits per heavy atom. The average Bonchev–Trinajstić information content (AvgIpc) is 2.77. The first kappa shape index (κ1) is 13.6. The Kier molecular flexibility index (Phi) is 4.24. The topological polar surface area (TPSA) is 94.1 Å². The van der Waals surface area contributed by atoms with Crippen molar-refractivity contribution in [3.05, 3.63) is 42.5 Å². The Labute approximate surface area is 110 Å². The van der Waals surface area contributed by atoms with Crippen molar-refractivity contribution in [1.82, 2.24) is 0 Å². The maximum Gasteiger partial charge on any atom is 0.492 e. The third kappa shape index (κ3) is 2.64. The number of furan rings is 1. The van der Waals surface area contributed by atoms with E-state index >= 15 is 0 Å². The zero-order chi connectivity index (χ0) is 13.8. The molecule has 1 aromatic heterocycles. The number of hydrogen-bond acceptors (Lipinski definition) is 5. The summed E-state index contributed by atoms with van der Waals surface area (Å²) in [5, 5.41) is 34.4. The second kappa shape index (κ2) is 5.90. The fraction of sp³-hybridized carbons (Fsp3) is 0. The lowest BCUT2D eigenvalue weighted by molar-refractivity contribution is 0.425. The lowest BCUT2D eigenvalue weighted by Gasteiger charge is -1.98. The van der Waals surface area contributed by atoms with Gasteiger partial charge in [0.1, 0.15) is 11.2 Å². The highest BCUT2D eigenvalue weighted by atomic mass is 16.4. The minimum Gasteiger partial charge on any atom is -0.456 e. The van der Waals surface area contributed by atoms with Crippen molar-refractivity contribution in [2.75, 3.05) is 0 Å². The molecule has 0 amide bonds. The van der Waals surface area contributed by atoms with Gasteiger partial charge in [-0.25, -0.2) is 0 Å². The Morgan fingerprint density at radius 1 is 0.895 bits per heavy atom. The van der Waals surface area contributed by atoms with E-state index in [1.165, 1.54) is 0 Å². The number of rotatable bonds is 1. The van der Waals surface area contributed by atoms with Gasteiger partial charge in [0.2, 0.25) is 0 Å². The average molecular weight is 257 g/mol. The molecular formula is C12H11B2O5. The fourth-order valence-electron chi connectivity index (χ4n) is 1.97. The number of fused-ring (bicyclic) bond motifs is 3. The quantitative estimate of drug-likeness (QED) is 0.452. The minimum atomic E-state index is -1.51. The Hall–Kier alpha value is -1.79. The summed E-state index contributed by atoms with van der Waals surface area (Å²) in [7, 11) is -1.51. The molecule has 19 heavy (non-hydrogen) atoms. The summed E-state index contributed by atoms with van der Waals surface area (Å²) in [6.45, 7) is 0. The Bertz CT molecular complexity index is 680. The van der Waals surface area contributed by atoms with Gasteiger partial charge in [0.05, 0.1) is 0 Å². The van der Waals surface area contributed by atoms with E-state index in [1.54, 1.807) is 12.1 Å². The van der Waals surface area contributed by atoms with Crippen molar-refractivity contribution in [3.8, 4) is 0 Å². The van der Waals surface area contributed by atoms with Crippen LogP contribution in [0.5, 0.6) is 0 Å². The molecule has 5 nitrogen and oxygen atoms in total. The first-order valence-electron chi connectivity index (χ1n) is 5.55. The fourth-order valence-corrected chi connectivity index (χ4v) is 1.97. The summed E-state index contributed by atoms with van der Waals surface area (Å²) in [4.78, 5) is 0. The number of benzene rings is 2. The molecule has 1 radical (unpaired) electrons. The largest absolute Gasteiger partial charge is 0.492 e. The van der Waals surface area contributed by atoms with Crippen LogP contribution < -0.4 is 5.46 Å². The standard InChI is InChI=1S/C12H9BO3.BH2O2/c14-13(15)10-6-3-5-9-8-4-1-2-7-11(8)16-12(9)10;2-1-3/h1-7,14-15H;2-3H. The smallest absolute Gasteiger partial charge is 0.456 e. The van der Waals surface area contributed by atoms with Gasteiger partial charge in [0.25, 0.3) is 0 Å². The summed E-state index contributed by atoms with van der Waals surface area (Å²) in [5.74, 6) is 0. The molecular weight excluding hydrogens is 246 g/mol. The molecule has 0 fully saturated rings. The molecule has 0 aliphatic heterocycles. The van der Waals surface area contributed by atoms with Crippen molar-refractivity contribution >= 4 is 42.2 Å². The van der Waals surface area contributed by atoms with Crippen LogP contribution in [0.15, 0.2) is 46.9 Å². The molecule has 0 spiro atoms. The highest BCUT2D eigenvalue weighted by Crippen LogP contribution is 2.26. The van der Waals surface area contributed by atoms with Gasteiger partial charge in [-0.3, -0.25) is 0 Å². The van der Waals surface area contributed by atoms with E-state index in [1.807, 2.05) is 30.3 Å². The van der Waals surface area contributed by atoms with Crippen molar-refractivity contribution < 1.29 is 24.5 Å². The monoisotopic (exact) mass is 257 g/mol. The predicted molar refractivity (Wildman–Crippen MR) is 73.7 cm³/mol. The third-order valence-electron chi connectivity index (χ3n) is 2.71. The molecule has 0 saturated heterocycles. The van der Waals surface area contributed by atoms with Crippen LogP contribution in [0.1, 0.15) is 0 Å². The maximum absolute atomic E-state index is 9.24. The molecule has 2 aromatic carbocycles. The third-order valence-corrected chi connectivity index (χ3v) is 2.71. The van der Waals surface area contributed by atoms with Crippen molar-refractivity contribution in [2.45, 2.75) is 0 Å². The molecule has 0 aliphatic carbocycles. The van der Waals surface area contributed by atoms with E-state index in [2.05, 4.69) is 0 Å². The first-order valence-corrected chi connectivity index (χ1v) is 5.55. The van der Waals surface area contributed by atoms with Crippen LogP contribution in [0, 0.1) is 0 Å². The minimum absolute atomic E-state index is 0. The zero-order valence-corrected chi connectivity index (χ0v) is 9.89. The Morgan fingerprint density at radius 2 is 1.53 bits per heavy atom. The van der Waals surface area contributed by atoms with E-state index in [-0.39, 0.29) is 7.69 Å². The van der Waals surface area contributed by atoms with E-state index in [0.717, 1.165) is 16.4 Å². The molecule has 0 unspecified atom stereocenters. The van der Waals surface area contributed by atoms with Crippen LogP contribution in [0.3, 0.4) is 0 Å². The van der Waals surface area contributed by atoms with Gasteiger partial charge in [0.15, 0.2) is 0 Å². The summed E-state index contributed by atoms with van der Waals surface area (Å²) < 4.78 is 5.62. The molecule has 3 rings (SSSR count). The maximum atomic E-state index is 9.24. The van der Waals surface area contributed by atoms with Crippen LogP contribution in [0.4, 0.5) is 0 Å². The molecule has 0 aliphatic rings. The van der Waals surface area contributed by atoms with Gasteiger partial charge in [-0.05, 0) is 6.07 Å². The normalized spacial score (nSPS) is 10.1. The van der Waals surface area contributed by atoms with E-state index in [9.17, 15) is 10.0 Å². The molecule has 1 heterocycles. The van der Waals surface area contributed by atoms with Crippen molar-refractivity contribution in [3.63, 3.8) is 0 Å². The molecule has 0 bridgehead atoms. The summed E-state index contributed by atoms with van der Waals surface area (Å²) in [5.41, 5.74) is 1.69. The summed E-state index contributed by atoms with van der Waals surface area (Å²) >= 11 is 0.